The van der Waals surface area contributed by atoms with Crippen molar-refractivity contribution in [1.82, 2.24) is 5.32 Å². The smallest absolute Gasteiger partial charge is 0.233 e. The van der Waals surface area contributed by atoms with Gasteiger partial charge < -0.3 is 5.32 Å². The van der Waals surface area contributed by atoms with E-state index in [9.17, 15) is 4.79 Å². The first-order valence-electron chi connectivity index (χ1n) is 6.23. The van der Waals surface area contributed by atoms with E-state index in [1.54, 1.807) is 0 Å². The minimum Gasteiger partial charge on any atom is -0.352 e. The predicted octanol–water partition coefficient (Wildman–Crippen LogP) is 2.44. The van der Waals surface area contributed by atoms with Crippen LogP contribution in [0.1, 0.15) is 25.3 Å². The van der Waals surface area contributed by atoms with Gasteiger partial charge in [-0.3, -0.25) is 4.79 Å². The number of nitrogens with one attached hydrogen (secondary N) is 1. The highest BCUT2D eigenvalue weighted by atomic mass is 32.1. The Balaban J connectivity index is 1.80. The van der Waals surface area contributed by atoms with Gasteiger partial charge in [0.25, 0.3) is 0 Å². The second-order valence-electron chi connectivity index (χ2n) is 4.72. The molecule has 1 fully saturated rings. The van der Waals surface area contributed by atoms with Crippen LogP contribution < -0.4 is 5.32 Å². The van der Waals surface area contributed by atoms with Crippen LogP contribution in [0, 0.1) is 5.92 Å². The Labute approximate surface area is 108 Å². The van der Waals surface area contributed by atoms with E-state index in [-0.39, 0.29) is 11.2 Å². The van der Waals surface area contributed by atoms with Gasteiger partial charge in [-0.05, 0) is 24.3 Å². The molecule has 0 radical (unpaired) electrons. The number of hydrogen-bond donors (Lipinski definition) is 2. The lowest BCUT2D eigenvalue weighted by atomic mass is 10.1. The Morgan fingerprint density at radius 3 is 2.76 bits per heavy atom. The van der Waals surface area contributed by atoms with Crippen LogP contribution in [0.2, 0.25) is 0 Å². The third-order valence-electron chi connectivity index (χ3n) is 3.35. The van der Waals surface area contributed by atoms with Gasteiger partial charge in [-0.2, -0.15) is 12.6 Å². The molecule has 1 amide bonds. The summed E-state index contributed by atoms with van der Waals surface area (Å²) in [6.45, 7) is 2.17. The van der Waals surface area contributed by atoms with E-state index in [0.717, 1.165) is 18.4 Å². The molecule has 1 aliphatic rings. The lowest BCUT2D eigenvalue weighted by molar-refractivity contribution is -0.120. The van der Waals surface area contributed by atoms with Crippen LogP contribution in [0.5, 0.6) is 0 Å². The SMILES string of the molecule is CCC1CC1NC(=O)C(S)Cc1ccccc1. The molecule has 2 rings (SSSR count). The molecule has 0 saturated heterocycles. The zero-order chi connectivity index (χ0) is 12.3. The van der Waals surface area contributed by atoms with Crippen molar-refractivity contribution in [2.75, 3.05) is 0 Å². The van der Waals surface area contributed by atoms with Gasteiger partial charge in [0, 0.05) is 6.04 Å². The summed E-state index contributed by atoms with van der Waals surface area (Å²) in [5.74, 6) is 0.759. The van der Waals surface area contributed by atoms with Gasteiger partial charge in [0.15, 0.2) is 0 Å². The molecule has 1 N–H and O–H groups in total. The predicted molar refractivity (Wildman–Crippen MR) is 73.2 cm³/mol. The van der Waals surface area contributed by atoms with E-state index in [1.807, 2.05) is 30.3 Å². The van der Waals surface area contributed by atoms with E-state index in [0.29, 0.717) is 18.4 Å². The maximum atomic E-state index is 11.9. The van der Waals surface area contributed by atoms with Gasteiger partial charge >= 0.3 is 0 Å². The Bertz CT molecular complexity index is 379. The fraction of sp³-hybridized carbons (Fsp3) is 0.500. The minimum absolute atomic E-state index is 0.0677. The van der Waals surface area contributed by atoms with Crippen molar-refractivity contribution in [3.05, 3.63) is 35.9 Å². The number of thiol groups is 1. The van der Waals surface area contributed by atoms with Crippen molar-refractivity contribution < 1.29 is 4.79 Å². The maximum Gasteiger partial charge on any atom is 0.233 e. The second kappa shape index (κ2) is 5.58. The first-order valence-corrected chi connectivity index (χ1v) is 6.74. The summed E-state index contributed by atoms with van der Waals surface area (Å²) in [5, 5.41) is 2.82. The Kier molecular flexibility index (Phi) is 4.11. The van der Waals surface area contributed by atoms with Crippen molar-refractivity contribution in [1.29, 1.82) is 0 Å². The Morgan fingerprint density at radius 2 is 2.18 bits per heavy atom. The fourth-order valence-corrected chi connectivity index (χ4v) is 2.37. The average molecular weight is 249 g/mol. The van der Waals surface area contributed by atoms with Crippen LogP contribution in [0.4, 0.5) is 0 Å². The molecule has 3 atom stereocenters. The maximum absolute atomic E-state index is 11.9. The fourth-order valence-electron chi connectivity index (χ4n) is 2.08. The van der Waals surface area contributed by atoms with Crippen molar-refractivity contribution in [3.63, 3.8) is 0 Å². The summed E-state index contributed by atoms with van der Waals surface area (Å²) < 4.78 is 0. The van der Waals surface area contributed by atoms with E-state index in [4.69, 9.17) is 0 Å². The molecule has 2 nitrogen and oxygen atoms in total. The third-order valence-corrected chi connectivity index (χ3v) is 3.77. The zero-order valence-electron chi connectivity index (χ0n) is 10.1. The third kappa shape index (κ3) is 3.50. The van der Waals surface area contributed by atoms with Gasteiger partial charge in [0.1, 0.15) is 0 Å². The quantitative estimate of drug-likeness (QED) is 0.771. The summed E-state index contributed by atoms with van der Waals surface area (Å²) in [5.41, 5.74) is 1.16. The van der Waals surface area contributed by atoms with Gasteiger partial charge in [0.2, 0.25) is 5.91 Å². The highest BCUT2D eigenvalue weighted by Crippen LogP contribution is 2.33. The molecule has 1 aliphatic carbocycles. The Hall–Kier alpha value is -0.960. The monoisotopic (exact) mass is 249 g/mol. The van der Waals surface area contributed by atoms with Crippen molar-refractivity contribution in [3.8, 4) is 0 Å². The van der Waals surface area contributed by atoms with Gasteiger partial charge in [-0.15, -0.1) is 0 Å². The molecule has 0 spiro atoms. The summed E-state index contributed by atoms with van der Waals surface area (Å²) >= 11 is 4.39. The summed E-state index contributed by atoms with van der Waals surface area (Å²) in [4.78, 5) is 11.9. The highest BCUT2D eigenvalue weighted by molar-refractivity contribution is 7.81. The van der Waals surface area contributed by atoms with E-state index in [2.05, 4.69) is 24.9 Å². The number of hydrogen-bond acceptors (Lipinski definition) is 2. The Morgan fingerprint density at radius 1 is 1.47 bits per heavy atom. The molecule has 3 unspecified atom stereocenters. The lowest BCUT2D eigenvalue weighted by Gasteiger charge is -2.11. The molecule has 17 heavy (non-hydrogen) atoms. The lowest BCUT2D eigenvalue weighted by Crippen LogP contribution is -2.35. The van der Waals surface area contributed by atoms with Gasteiger partial charge in [0.05, 0.1) is 5.25 Å². The second-order valence-corrected chi connectivity index (χ2v) is 5.35. The van der Waals surface area contributed by atoms with Crippen LogP contribution in [0.15, 0.2) is 30.3 Å². The van der Waals surface area contributed by atoms with Crippen molar-refractivity contribution >= 4 is 18.5 Å². The van der Waals surface area contributed by atoms with Crippen LogP contribution >= 0.6 is 12.6 Å². The van der Waals surface area contributed by atoms with E-state index in [1.165, 1.54) is 0 Å². The molecule has 92 valence electrons. The van der Waals surface area contributed by atoms with Gasteiger partial charge in [-0.25, -0.2) is 0 Å². The normalized spacial score (nSPS) is 24.1. The van der Waals surface area contributed by atoms with Crippen LogP contribution in [0.25, 0.3) is 0 Å². The topological polar surface area (TPSA) is 29.1 Å². The molecule has 0 bridgehead atoms. The number of carbonyl (C=O) groups is 1. The molecule has 1 aromatic carbocycles. The largest absolute Gasteiger partial charge is 0.352 e. The summed E-state index contributed by atoms with van der Waals surface area (Å²) in [6, 6.07) is 10.4. The first kappa shape index (κ1) is 12.5. The average Bonchev–Trinajstić information content (AvgIpc) is 3.08. The molecule has 1 saturated carbocycles. The van der Waals surface area contributed by atoms with E-state index >= 15 is 0 Å². The van der Waals surface area contributed by atoms with Crippen LogP contribution in [-0.2, 0) is 11.2 Å². The van der Waals surface area contributed by atoms with Crippen LogP contribution in [0.3, 0.4) is 0 Å². The molecule has 0 aliphatic heterocycles. The number of carbonyl (C=O) groups excluding carboxylic acids is 1. The molecule has 0 aromatic heterocycles. The molecular formula is C14H19NOS. The molecule has 1 aromatic rings. The van der Waals surface area contributed by atoms with Gasteiger partial charge in [-0.1, -0.05) is 43.7 Å². The molecule has 3 heteroatoms. The minimum atomic E-state index is -0.240. The summed E-state index contributed by atoms with van der Waals surface area (Å²) in [6.07, 6.45) is 2.98. The van der Waals surface area contributed by atoms with Crippen LogP contribution in [-0.4, -0.2) is 17.2 Å². The highest BCUT2D eigenvalue weighted by Gasteiger charge is 2.37. The number of amides is 1. The standard InChI is InChI=1S/C14H19NOS/c1-2-11-9-12(11)15-14(16)13(17)8-10-6-4-3-5-7-10/h3-7,11-13,17H,2,8-9H2,1H3,(H,15,16). The zero-order valence-corrected chi connectivity index (χ0v) is 11.0. The van der Waals surface area contributed by atoms with Crippen molar-refractivity contribution in [2.24, 2.45) is 5.92 Å². The number of rotatable bonds is 5. The first-order chi connectivity index (χ1) is 8.20. The summed E-state index contributed by atoms with van der Waals surface area (Å²) in [7, 11) is 0. The van der Waals surface area contributed by atoms with E-state index < -0.39 is 0 Å². The number of benzene rings is 1. The molecule has 0 heterocycles. The van der Waals surface area contributed by atoms with Crippen molar-refractivity contribution in [2.45, 2.75) is 37.5 Å². The molecular weight excluding hydrogens is 230 g/mol.